The van der Waals surface area contributed by atoms with E-state index in [2.05, 4.69) is 24.8 Å². The zero-order valence-electron chi connectivity index (χ0n) is 38.8. The van der Waals surface area contributed by atoms with Gasteiger partial charge in [-0.2, -0.15) is 0 Å². The summed E-state index contributed by atoms with van der Waals surface area (Å²) in [6, 6.07) is 21.3. The third kappa shape index (κ3) is 8.30. The van der Waals surface area contributed by atoms with E-state index < -0.39 is 20.0 Å². The summed E-state index contributed by atoms with van der Waals surface area (Å²) in [6.07, 6.45) is 6.13. The fraction of sp³-hybridized carbons (Fsp3) is 0.417. The second-order valence-corrected chi connectivity index (χ2v) is 22.4. The van der Waals surface area contributed by atoms with Gasteiger partial charge in [0.25, 0.3) is 0 Å². The Kier molecular flexibility index (Phi) is 11.6. The number of para-hydroxylation sites is 1. The van der Waals surface area contributed by atoms with Crippen molar-refractivity contribution in [3.8, 4) is 22.3 Å². The molecular formula is C48H54N10O8S2. The smallest absolute Gasteiger partial charge is 0.227 e. The normalized spacial score (nSPS) is 21.6. The lowest BCUT2D eigenvalue weighted by molar-refractivity contribution is -0.119. The number of hydrogen-bond acceptors (Lipinski definition) is 12. The highest BCUT2D eigenvalue weighted by molar-refractivity contribution is 7.88. The predicted octanol–water partition coefficient (Wildman–Crippen LogP) is 6.85. The molecule has 18 nitrogen and oxygen atoms in total. The number of fused-ring (bicyclic) bond motifs is 2. The first-order valence-electron chi connectivity index (χ1n) is 22.9. The molecule has 0 unspecified atom stereocenters. The first kappa shape index (κ1) is 45.6. The van der Waals surface area contributed by atoms with Gasteiger partial charge in [0, 0.05) is 55.8 Å². The van der Waals surface area contributed by atoms with Crippen LogP contribution in [0.1, 0.15) is 97.2 Å². The number of aromatic nitrogens is 6. The Morgan fingerprint density at radius 2 is 1.15 bits per heavy atom. The maximum absolute atomic E-state index is 13.1. The van der Waals surface area contributed by atoms with Gasteiger partial charge in [-0.25, -0.2) is 35.4 Å². The van der Waals surface area contributed by atoms with Gasteiger partial charge in [-0.15, -0.1) is 0 Å². The lowest BCUT2D eigenvalue weighted by Crippen LogP contribution is -2.31. The summed E-state index contributed by atoms with van der Waals surface area (Å²) >= 11 is 0. The number of carbonyl (C=O) groups is 2. The van der Waals surface area contributed by atoms with Gasteiger partial charge in [-0.05, 0) is 101 Å². The molecule has 8 heterocycles. The predicted molar refractivity (Wildman–Crippen MR) is 256 cm³/mol. The quantitative estimate of drug-likeness (QED) is 0.157. The number of sulfonamides is 2. The van der Waals surface area contributed by atoms with Crippen LogP contribution in [0.3, 0.4) is 0 Å². The van der Waals surface area contributed by atoms with Crippen LogP contribution in [-0.4, -0.2) is 105 Å². The lowest BCUT2D eigenvalue weighted by Gasteiger charge is -2.27. The molecule has 4 fully saturated rings. The molecule has 3 aromatic carbocycles. The first-order chi connectivity index (χ1) is 32.4. The van der Waals surface area contributed by atoms with Crippen molar-refractivity contribution in [2.75, 3.05) is 43.6 Å². The zero-order chi connectivity index (χ0) is 47.8. The molecule has 4 atom stereocenters. The average Bonchev–Trinajstić information content (AvgIpc) is 4.16. The zero-order valence-corrected chi connectivity index (χ0v) is 40.5. The molecule has 0 saturated carbocycles. The van der Waals surface area contributed by atoms with E-state index in [1.165, 1.54) is 21.1 Å². The standard InChI is InChI=1S/C27H29N5O4S.C21H25N5O4S/c1-17-26(18(2)36-29-17)19-9-10-23-22(15-19)28-27(32(23)21-13-14-30(16-21)37(3,34)35)24-11-12-25(33)31(24)20-7-5-4-6-8-20;1-12-20(13(2)30-24-12)14-4-6-18-17(10-14)23-21(16-5-7-19(27)22-16)26(18)15-8-9-25(11-15)31(3,28)29/h4-10,15,21,24H,11-14,16H2,1-3H3;4,6,10,15-16H,5,7-9,11H2,1-3H3,(H,22,27)/t21-,24-;15-,16-/m11/s1. The molecule has 356 valence electrons. The largest absolute Gasteiger partial charge is 0.361 e. The minimum Gasteiger partial charge on any atom is -0.361 e. The van der Waals surface area contributed by atoms with Gasteiger partial charge >= 0.3 is 0 Å². The molecule has 68 heavy (non-hydrogen) atoms. The van der Waals surface area contributed by atoms with Gasteiger partial charge in [-0.3, -0.25) is 9.59 Å². The topological polar surface area (TPSA) is 212 Å². The van der Waals surface area contributed by atoms with Crippen molar-refractivity contribution in [1.29, 1.82) is 0 Å². The molecule has 0 spiro atoms. The monoisotopic (exact) mass is 962 g/mol. The number of carbonyl (C=O) groups excluding carboxylic acids is 2. The van der Waals surface area contributed by atoms with Crippen LogP contribution in [0.4, 0.5) is 5.69 Å². The Balaban J connectivity index is 0.000000161. The van der Waals surface area contributed by atoms with Crippen molar-refractivity contribution in [3.05, 3.63) is 101 Å². The van der Waals surface area contributed by atoms with Crippen molar-refractivity contribution in [2.24, 2.45) is 0 Å². The molecule has 0 radical (unpaired) electrons. The van der Waals surface area contributed by atoms with Gasteiger partial charge in [0.1, 0.15) is 23.2 Å². The second-order valence-electron chi connectivity index (χ2n) is 18.4. The van der Waals surface area contributed by atoms with E-state index in [-0.39, 0.29) is 36.0 Å². The van der Waals surface area contributed by atoms with Gasteiger partial charge < -0.3 is 28.4 Å². The number of benzene rings is 3. The molecule has 7 aromatic rings. The van der Waals surface area contributed by atoms with Crippen LogP contribution in [-0.2, 0) is 29.6 Å². The number of nitrogens with one attached hydrogen (secondary N) is 1. The van der Waals surface area contributed by atoms with Gasteiger partial charge in [0.15, 0.2) is 0 Å². The molecule has 2 amide bonds. The fourth-order valence-electron chi connectivity index (χ4n) is 10.7. The van der Waals surface area contributed by atoms with Gasteiger partial charge in [0.2, 0.25) is 31.9 Å². The van der Waals surface area contributed by atoms with Crippen molar-refractivity contribution < 1.29 is 35.5 Å². The van der Waals surface area contributed by atoms with Crippen LogP contribution in [0.25, 0.3) is 44.3 Å². The van der Waals surface area contributed by atoms with Crippen LogP contribution in [0.15, 0.2) is 75.8 Å². The Bertz CT molecular complexity index is 3300. The number of nitrogens with zero attached hydrogens (tertiary/aromatic N) is 9. The Morgan fingerprint density at radius 3 is 1.60 bits per heavy atom. The summed E-state index contributed by atoms with van der Waals surface area (Å²) in [6.45, 7) is 9.34. The van der Waals surface area contributed by atoms with E-state index in [1.54, 1.807) is 0 Å². The summed E-state index contributed by atoms with van der Waals surface area (Å²) < 4.78 is 66.8. The van der Waals surface area contributed by atoms with E-state index in [9.17, 15) is 26.4 Å². The van der Waals surface area contributed by atoms with E-state index in [4.69, 9.17) is 19.0 Å². The Labute approximate surface area is 394 Å². The number of amides is 2. The SMILES string of the molecule is Cc1noc(C)c1-c1ccc2c(c1)nc([C@H]1CCC(=O)N1)n2[C@@H]1CCN(S(C)(=O)=O)C1.Cc1noc(C)c1-c1ccc2c(c1)nc([C@H]1CCC(=O)N1c1ccccc1)n2[C@@H]1CCN(S(C)(=O)=O)C1. The summed E-state index contributed by atoms with van der Waals surface area (Å²) in [7, 11) is -6.56. The first-order valence-corrected chi connectivity index (χ1v) is 26.6. The minimum absolute atomic E-state index is 0.0178. The third-order valence-corrected chi connectivity index (χ3v) is 16.4. The highest BCUT2D eigenvalue weighted by atomic mass is 32.2. The highest BCUT2D eigenvalue weighted by Crippen LogP contribution is 2.42. The average molecular weight is 963 g/mol. The van der Waals surface area contributed by atoms with Crippen LogP contribution < -0.4 is 10.2 Å². The number of hydrogen-bond donors (Lipinski definition) is 1. The maximum atomic E-state index is 13.1. The van der Waals surface area contributed by atoms with Crippen molar-refractivity contribution in [3.63, 3.8) is 0 Å². The fourth-order valence-corrected chi connectivity index (χ4v) is 12.4. The third-order valence-electron chi connectivity index (χ3n) is 13.8. The van der Waals surface area contributed by atoms with E-state index in [0.717, 1.165) is 84.6 Å². The lowest BCUT2D eigenvalue weighted by atomic mass is 10.0. The molecule has 0 bridgehead atoms. The summed E-state index contributed by atoms with van der Waals surface area (Å²) in [4.78, 5) is 36.8. The molecule has 0 aliphatic carbocycles. The van der Waals surface area contributed by atoms with Gasteiger partial charge in [0.05, 0.1) is 70.1 Å². The Hall–Kier alpha value is -6.22. The molecule has 20 heteroatoms. The van der Waals surface area contributed by atoms with Crippen LogP contribution >= 0.6 is 0 Å². The molecule has 4 saturated heterocycles. The Morgan fingerprint density at radius 1 is 0.632 bits per heavy atom. The molecule has 4 aliphatic heterocycles. The number of aryl methyl sites for hydroxylation is 4. The minimum atomic E-state index is -3.30. The molecule has 4 aromatic heterocycles. The van der Waals surface area contributed by atoms with Gasteiger partial charge in [-0.1, -0.05) is 40.6 Å². The number of anilines is 1. The van der Waals surface area contributed by atoms with Crippen LogP contribution in [0, 0.1) is 27.7 Å². The van der Waals surface area contributed by atoms with Crippen molar-refractivity contribution in [1.82, 2.24) is 43.3 Å². The molecule has 1 N–H and O–H groups in total. The van der Waals surface area contributed by atoms with E-state index in [1.807, 2.05) is 99.3 Å². The highest BCUT2D eigenvalue weighted by Gasteiger charge is 2.40. The summed E-state index contributed by atoms with van der Waals surface area (Å²) in [5.41, 5.74) is 9.79. The summed E-state index contributed by atoms with van der Waals surface area (Å²) in [5.74, 6) is 3.16. The van der Waals surface area contributed by atoms with E-state index >= 15 is 0 Å². The van der Waals surface area contributed by atoms with E-state index in [0.29, 0.717) is 64.7 Å². The van der Waals surface area contributed by atoms with Crippen LogP contribution in [0.5, 0.6) is 0 Å². The van der Waals surface area contributed by atoms with Crippen molar-refractivity contribution >= 4 is 59.6 Å². The molecular weight excluding hydrogens is 909 g/mol. The maximum Gasteiger partial charge on any atom is 0.227 e. The molecule has 11 rings (SSSR count). The summed E-state index contributed by atoms with van der Waals surface area (Å²) in [5, 5.41) is 11.2. The molecule has 4 aliphatic rings. The second kappa shape index (κ2) is 17.4. The van der Waals surface area contributed by atoms with Crippen LogP contribution in [0.2, 0.25) is 0 Å². The van der Waals surface area contributed by atoms with Crippen molar-refractivity contribution in [2.45, 2.75) is 90.4 Å². The number of imidazole rings is 2. The number of rotatable bonds is 9.